The van der Waals surface area contributed by atoms with E-state index in [0.717, 1.165) is 14.9 Å². The Morgan fingerprint density at radius 3 is 2.64 bits per heavy atom. The first kappa shape index (κ1) is 22.9. The van der Waals surface area contributed by atoms with Crippen LogP contribution >= 0.6 is 11.3 Å². The molecular formula is C22H22N4O5S2. The molecule has 1 fully saturated rings. The van der Waals surface area contributed by atoms with E-state index in [2.05, 4.69) is 15.5 Å². The van der Waals surface area contributed by atoms with Gasteiger partial charge in [0, 0.05) is 24.4 Å². The van der Waals surface area contributed by atoms with Gasteiger partial charge in [0.15, 0.2) is 0 Å². The molecule has 11 heteroatoms. The highest BCUT2D eigenvalue weighted by atomic mass is 32.2. The number of amides is 2. The molecule has 1 aliphatic rings. The summed E-state index contributed by atoms with van der Waals surface area (Å²) in [5.41, 5.74) is 0.987. The van der Waals surface area contributed by atoms with Crippen LogP contribution in [0.3, 0.4) is 0 Å². The Balaban J connectivity index is 1.62. The van der Waals surface area contributed by atoms with Crippen molar-refractivity contribution in [1.29, 1.82) is 0 Å². The molecule has 9 nitrogen and oxygen atoms in total. The Morgan fingerprint density at radius 1 is 1.21 bits per heavy atom. The molecule has 4 rings (SSSR count). The number of hydrogen-bond donors (Lipinski definition) is 1. The summed E-state index contributed by atoms with van der Waals surface area (Å²) in [6.07, 6.45) is 0.773. The number of carbonyl (C=O) groups excluding carboxylic acids is 2. The van der Waals surface area contributed by atoms with Crippen LogP contribution in [0.25, 0.3) is 0 Å². The first-order valence-corrected chi connectivity index (χ1v) is 12.5. The first-order valence-electron chi connectivity index (χ1n) is 10.3. The monoisotopic (exact) mass is 486 g/mol. The lowest BCUT2D eigenvalue weighted by Crippen LogP contribution is -2.32. The lowest BCUT2D eigenvalue weighted by molar-refractivity contribution is -0.123. The van der Waals surface area contributed by atoms with Crippen molar-refractivity contribution in [3.63, 3.8) is 0 Å². The van der Waals surface area contributed by atoms with E-state index in [4.69, 9.17) is 4.74 Å². The van der Waals surface area contributed by atoms with Gasteiger partial charge in [-0.15, -0.1) is 10.2 Å². The maximum atomic E-state index is 13.4. The summed E-state index contributed by atoms with van der Waals surface area (Å²) < 4.78 is 33.0. The summed E-state index contributed by atoms with van der Waals surface area (Å²) in [6, 6.07) is 13.4. The summed E-state index contributed by atoms with van der Waals surface area (Å²) >= 11 is 1.24. The highest BCUT2D eigenvalue weighted by Crippen LogP contribution is 2.35. The Hall–Kier alpha value is -3.31. The van der Waals surface area contributed by atoms with E-state index < -0.39 is 21.8 Å². The molecule has 0 aliphatic carbocycles. The van der Waals surface area contributed by atoms with E-state index in [1.165, 1.54) is 36.6 Å². The smallest absolute Gasteiger partial charge is 0.270 e. The van der Waals surface area contributed by atoms with Gasteiger partial charge in [0.05, 0.1) is 7.11 Å². The number of ether oxygens (including phenoxy) is 1. The lowest BCUT2D eigenvalue weighted by atomic mass is 9.99. The Morgan fingerprint density at radius 2 is 1.97 bits per heavy atom. The average molecular weight is 487 g/mol. The van der Waals surface area contributed by atoms with Crippen molar-refractivity contribution in [2.24, 2.45) is 0 Å². The number of sulfonamides is 1. The standard InChI is InChI=1S/C22H22N4O5S2/c1-3-19-24-25-22(32-19)23-21(28)15-9-10-17(31-2)18(11-15)33(29,30)26-13-16(12-20(26)27)14-7-5-4-6-8-14/h4-11,16H,3,12-13H2,1-2H3,(H,23,25,28)/t16-/m0/s1. The van der Waals surface area contributed by atoms with Gasteiger partial charge in [-0.05, 0) is 30.2 Å². The van der Waals surface area contributed by atoms with Crippen molar-refractivity contribution in [2.75, 3.05) is 19.0 Å². The van der Waals surface area contributed by atoms with E-state index in [9.17, 15) is 18.0 Å². The summed E-state index contributed by atoms with van der Waals surface area (Å²) in [5.74, 6) is -1.23. The third kappa shape index (κ3) is 4.60. The molecular weight excluding hydrogens is 464 g/mol. The molecule has 2 amide bonds. The zero-order chi connectivity index (χ0) is 23.6. The minimum Gasteiger partial charge on any atom is -0.495 e. The molecule has 0 unspecified atom stereocenters. The van der Waals surface area contributed by atoms with E-state index in [-0.39, 0.29) is 35.1 Å². The number of aromatic nitrogens is 2. The molecule has 172 valence electrons. The van der Waals surface area contributed by atoms with Gasteiger partial charge in [-0.25, -0.2) is 12.7 Å². The number of carbonyl (C=O) groups is 2. The normalized spacial score (nSPS) is 16.1. The minimum absolute atomic E-state index is 0.0232. The Bertz CT molecular complexity index is 1290. The van der Waals surface area contributed by atoms with Gasteiger partial charge >= 0.3 is 0 Å². The number of nitrogens with one attached hydrogen (secondary N) is 1. The lowest BCUT2D eigenvalue weighted by Gasteiger charge is -2.19. The second kappa shape index (κ2) is 9.28. The maximum Gasteiger partial charge on any atom is 0.270 e. The van der Waals surface area contributed by atoms with Crippen LogP contribution in [-0.2, 0) is 21.2 Å². The Labute approximate surface area is 195 Å². The third-order valence-electron chi connectivity index (χ3n) is 5.34. The molecule has 0 saturated carbocycles. The van der Waals surface area contributed by atoms with Crippen LogP contribution < -0.4 is 10.1 Å². The summed E-state index contributed by atoms with van der Waals surface area (Å²) in [7, 11) is -2.91. The van der Waals surface area contributed by atoms with Gasteiger partial charge in [-0.2, -0.15) is 0 Å². The number of nitrogens with zero attached hydrogens (tertiary/aromatic N) is 3. The SMILES string of the molecule is CCc1nnc(NC(=O)c2ccc(OC)c(S(=O)(=O)N3C[C@@H](c4ccccc4)CC3=O)c2)s1. The number of methoxy groups -OCH3 is 1. The zero-order valence-electron chi connectivity index (χ0n) is 18.0. The van der Waals surface area contributed by atoms with Crippen molar-refractivity contribution >= 4 is 38.3 Å². The third-order valence-corrected chi connectivity index (χ3v) is 8.13. The van der Waals surface area contributed by atoms with Crippen molar-refractivity contribution in [3.05, 3.63) is 64.7 Å². The number of benzene rings is 2. The largest absolute Gasteiger partial charge is 0.495 e. The van der Waals surface area contributed by atoms with Crippen LogP contribution in [0.1, 0.15) is 40.2 Å². The van der Waals surface area contributed by atoms with E-state index in [1.807, 2.05) is 37.3 Å². The highest BCUT2D eigenvalue weighted by Gasteiger charge is 2.40. The summed E-state index contributed by atoms with van der Waals surface area (Å²) in [5, 5.41) is 11.6. The molecule has 0 spiro atoms. The number of aryl methyl sites for hydroxylation is 1. The second-order valence-electron chi connectivity index (χ2n) is 7.42. The van der Waals surface area contributed by atoms with Crippen LogP contribution in [-0.4, -0.2) is 48.4 Å². The number of hydrogen-bond acceptors (Lipinski definition) is 8. The van der Waals surface area contributed by atoms with Crippen molar-refractivity contribution < 1.29 is 22.7 Å². The van der Waals surface area contributed by atoms with Gasteiger partial charge in [0.1, 0.15) is 15.7 Å². The van der Waals surface area contributed by atoms with Crippen LogP contribution in [0.5, 0.6) is 5.75 Å². The van der Waals surface area contributed by atoms with Crippen molar-refractivity contribution in [3.8, 4) is 5.75 Å². The summed E-state index contributed by atoms with van der Waals surface area (Å²) in [4.78, 5) is 25.2. The molecule has 1 atom stereocenters. The fourth-order valence-electron chi connectivity index (χ4n) is 3.61. The van der Waals surface area contributed by atoms with Crippen molar-refractivity contribution in [2.45, 2.75) is 30.6 Å². The van der Waals surface area contributed by atoms with E-state index in [1.54, 1.807) is 0 Å². The van der Waals surface area contributed by atoms with E-state index >= 15 is 0 Å². The molecule has 1 aromatic heterocycles. The van der Waals surface area contributed by atoms with Crippen LogP contribution in [0.15, 0.2) is 53.4 Å². The summed E-state index contributed by atoms with van der Waals surface area (Å²) in [6.45, 7) is 1.95. The predicted molar refractivity (Wildman–Crippen MR) is 123 cm³/mol. The van der Waals surface area contributed by atoms with Crippen LogP contribution in [0, 0.1) is 0 Å². The fourth-order valence-corrected chi connectivity index (χ4v) is 5.93. The molecule has 1 saturated heterocycles. The Kier molecular flexibility index (Phi) is 6.43. The fraction of sp³-hybridized carbons (Fsp3) is 0.273. The molecule has 2 heterocycles. The number of rotatable bonds is 7. The minimum atomic E-state index is -4.25. The first-order chi connectivity index (χ1) is 15.8. The molecule has 3 aromatic rings. The van der Waals surface area contributed by atoms with Crippen LogP contribution in [0.4, 0.5) is 5.13 Å². The molecule has 1 aliphatic heterocycles. The highest BCUT2D eigenvalue weighted by molar-refractivity contribution is 7.89. The molecule has 2 aromatic carbocycles. The second-order valence-corrected chi connectivity index (χ2v) is 10.3. The van der Waals surface area contributed by atoms with Crippen LogP contribution in [0.2, 0.25) is 0 Å². The quantitative estimate of drug-likeness (QED) is 0.545. The topological polar surface area (TPSA) is 119 Å². The molecule has 0 radical (unpaired) electrons. The number of anilines is 1. The predicted octanol–water partition coefficient (Wildman–Crippen LogP) is 3.07. The van der Waals surface area contributed by atoms with E-state index in [0.29, 0.717) is 11.6 Å². The van der Waals surface area contributed by atoms with Gasteiger partial charge in [-0.1, -0.05) is 48.6 Å². The average Bonchev–Trinajstić information content (AvgIpc) is 3.45. The molecule has 33 heavy (non-hydrogen) atoms. The van der Waals surface area contributed by atoms with Gasteiger partial charge < -0.3 is 4.74 Å². The van der Waals surface area contributed by atoms with Crippen molar-refractivity contribution in [1.82, 2.24) is 14.5 Å². The molecule has 1 N–H and O–H groups in total. The van der Waals surface area contributed by atoms with Gasteiger partial charge in [0.2, 0.25) is 11.0 Å². The molecule has 0 bridgehead atoms. The zero-order valence-corrected chi connectivity index (χ0v) is 19.6. The van der Waals surface area contributed by atoms with Gasteiger partial charge in [0.25, 0.3) is 15.9 Å². The maximum absolute atomic E-state index is 13.4. The van der Waals surface area contributed by atoms with Gasteiger partial charge in [-0.3, -0.25) is 14.9 Å².